The molecule has 1 unspecified atom stereocenters. The first-order valence-electron chi connectivity index (χ1n) is 10.2. The summed E-state index contributed by atoms with van der Waals surface area (Å²) in [5.41, 5.74) is 0.904. The van der Waals surface area contributed by atoms with Gasteiger partial charge in [0.2, 0.25) is 5.91 Å². The molecule has 1 N–H and O–H groups in total. The van der Waals surface area contributed by atoms with Gasteiger partial charge in [-0.2, -0.15) is 0 Å². The van der Waals surface area contributed by atoms with Crippen molar-refractivity contribution in [1.29, 1.82) is 0 Å². The molecule has 2 rings (SSSR count). The number of rotatable bonds is 10. The molecule has 1 aliphatic rings. The molecule has 0 aromatic heterocycles. The van der Waals surface area contributed by atoms with Crippen LogP contribution in [0.3, 0.4) is 0 Å². The Balaban J connectivity index is 2.17. The minimum atomic E-state index is -0.977. The standard InChI is InChI=1S/C23H28N2O7S/c1-5-10-31-22(28)20(30-4)16-8-7-9-17(12-16)24-21(27)19-13-18(33-15(3)26)14-25(19)23(29)32-11-6-2/h5-9,12,18-20H,1-2,10-11,13-14H2,3-4H3,(H,24,27)/t18-,19-,20?/m0/s1. The van der Waals surface area contributed by atoms with E-state index in [2.05, 4.69) is 18.5 Å². The number of ether oxygens (including phenoxy) is 3. The van der Waals surface area contributed by atoms with Crippen molar-refractivity contribution in [3.05, 3.63) is 55.1 Å². The van der Waals surface area contributed by atoms with E-state index in [1.54, 1.807) is 24.3 Å². The van der Waals surface area contributed by atoms with Crippen LogP contribution in [0.15, 0.2) is 49.6 Å². The lowest BCUT2D eigenvalue weighted by Crippen LogP contribution is -2.43. The van der Waals surface area contributed by atoms with Crippen LogP contribution < -0.4 is 5.32 Å². The van der Waals surface area contributed by atoms with E-state index in [0.29, 0.717) is 17.7 Å². The van der Waals surface area contributed by atoms with Gasteiger partial charge in [0.05, 0.1) is 0 Å². The highest BCUT2D eigenvalue weighted by Gasteiger charge is 2.41. The van der Waals surface area contributed by atoms with E-state index >= 15 is 0 Å². The summed E-state index contributed by atoms with van der Waals surface area (Å²) in [5, 5.41) is 2.45. The molecule has 1 aromatic rings. The summed E-state index contributed by atoms with van der Waals surface area (Å²) in [4.78, 5) is 50.6. The first-order chi connectivity index (χ1) is 15.8. The van der Waals surface area contributed by atoms with Crippen LogP contribution in [0.25, 0.3) is 0 Å². The van der Waals surface area contributed by atoms with E-state index in [4.69, 9.17) is 14.2 Å². The highest BCUT2D eigenvalue weighted by molar-refractivity contribution is 8.14. The van der Waals surface area contributed by atoms with Gasteiger partial charge in [0, 0.05) is 31.5 Å². The van der Waals surface area contributed by atoms with Gasteiger partial charge in [-0.1, -0.05) is 49.2 Å². The summed E-state index contributed by atoms with van der Waals surface area (Å²) in [6.45, 7) is 8.72. The summed E-state index contributed by atoms with van der Waals surface area (Å²) in [6, 6.07) is 5.77. The second-order valence-electron chi connectivity index (χ2n) is 7.15. The van der Waals surface area contributed by atoms with Crippen LogP contribution in [-0.2, 0) is 28.6 Å². The molecule has 10 heteroatoms. The summed E-state index contributed by atoms with van der Waals surface area (Å²) in [5.74, 6) is -1.02. The van der Waals surface area contributed by atoms with Crippen LogP contribution in [-0.4, -0.2) is 66.1 Å². The maximum Gasteiger partial charge on any atom is 0.410 e. The molecule has 0 spiro atoms. The number of anilines is 1. The van der Waals surface area contributed by atoms with Gasteiger partial charge < -0.3 is 19.5 Å². The Kier molecular flexibility index (Phi) is 10.1. The monoisotopic (exact) mass is 476 g/mol. The van der Waals surface area contributed by atoms with Gasteiger partial charge in [-0.25, -0.2) is 9.59 Å². The number of hydrogen-bond donors (Lipinski definition) is 1. The topological polar surface area (TPSA) is 111 Å². The van der Waals surface area contributed by atoms with Crippen molar-refractivity contribution >= 4 is 40.5 Å². The van der Waals surface area contributed by atoms with Gasteiger partial charge in [-0.3, -0.25) is 14.5 Å². The number of likely N-dealkylation sites (tertiary alicyclic amines) is 1. The molecule has 0 radical (unpaired) electrons. The quantitative estimate of drug-likeness (QED) is 0.405. The van der Waals surface area contributed by atoms with Crippen LogP contribution in [0, 0.1) is 0 Å². The maximum absolute atomic E-state index is 13.1. The number of amides is 2. The fourth-order valence-electron chi connectivity index (χ4n) is 3.37. The van der Waals surface area contributed by atoms with Gasteiger partial charge in [0.25, 0.3) is 0 Å². The number of carbonyl (C=O) groups excluding carboxylic acids is 4. The molecule has 2 amide bonds. The van der Waals surface area contributed by atoms with Crippen LogP contribution in [0.4, 0.5) is 10.5 Å². The molecule has 1 heterocycles. The van der Waals surface area contributed by atoms with E-state index < -0.39 is 30.1 Å². The molecule has 178 valence electrons. The average Bonchev–Trinajstić information content (AvgIpc) is 3.20. The fourth-order valence-corrected chi connectivity index (χ4v) is 4.35. The predicted molar refractivity (Wildman–Crippen MR) is 125 cm³/mol. The lowest BCUT2D eigenvalue weighted by Gasteiger charge is -2.23. The van der Waals surface area contributed by atoms with E-state index in [-0.39, 0.29) is 30.1 Å². The zero-order valence-corrected chi connectivity index (χ0v) is 19.5. The largest absolute Gasteiger partial charge is 0.459 e. The van der Waals surface area contributed by atoms with Gasteiger partial charge in [0.1, 0.15) is 19.3 Å². The number of carbonyl (C=O) groups is 4. The van der Waals surface area contributed by atoms with Crippen LogP contribution >= 0.6 is 11.8 Å². The molecule has 0 saturated carbocycles. The number of nitrogens with zero attached hydrogens (tertiary/aromatic N) is 1. The summed E-state index contributed by atoms with van der Waals surface area (Å²) in [6.07, 6.45) is 1.55. The molecule has 1 saturated heterocycles. The molecule has 1 fully saturated rings. The Hall–Kier alpha value is -3.11. The van der Waals surface area contributed by atoms with E-state index in [1.807, 2.05) is 0 Å². The van der Waals surface area contributed by atoms with Crippen LogP contribution in [0.1, 0.15) is 25.0 Å². The van der Waals surface area contributed by atoms with E-state index in [9.17, 15) is 19.2 Å². The molecule has 0 aliphatic carbocycles. The van der Waals surface area contributed by atoms with Crippen molar-refractivity contribution in [2.75, 3.05) is 32.2 Å². The highest BCUT2D eigenvalue weighted by atomic mass is 32.2. The maximum atomic E-state index is 13.1. The van der Waals surface area contributed by atoms with Gasteiger partial charge >= 0.3 is 12.1 Å². The third-order valence-corrected chi connectivity index (χ3v) is 5.71. The zero-order chi connectivity index (χ0) is 24.4. The van der Waals surface area contributed by atoms with Crippen LogP contribution in [0.5, 0.6) is 0 Å². The summed E-state index contributed by atoms with van der Waals surface area (Å²) < 4.78 is 15.4. The van der Waals surface area contributed by atoms with Gasteiger partial charge in [-0.05, 0) is 24.1 Å². The van der Waals surface area contributed by atoms with Gasteiger partial charge in [-0.15, -0.1) is 0 Å². The van der Waals surface area contributed by atoms with Crippen molar-refractivity contribution in [3.63, 3.8) is 0 Å². The second kappa shape index (κ2) is 12.8. The van der Waals surface area contributed by atoms with Crippen LogP contribution in [0.2, 0.25) is 0 Å². The Morgan fingerprint density at radius 3 is 2.55 bits per heavy atom. The Bertz CT molecular complexity index is 905. The van der Waals surface area contributed by atoms with E-state index in [1.165, 1.54) is 31.1 Å². The fraction of sp³-hybridized carbons (Fsp3) is 0.391. The molecule has 1 aliphatic heterocycles. The molecular formula is C23H28N2O7S. The number of hydrogen-bond acceptors (Lipinski definition) is 8. The van der Waals surface area contributed by atoms with Crippen molar-refractivity contribution in [2.24, 2.45) is 0 Å². The first-order valence-corrected chi connectivity index (χ1v) is 11.1. The molecule has 1 aromatic carbocycles. The first kappa shape index (κ1) is 26.1. The number of thioether (sulfide) groups is 1. The van der Waals surface area contributed by atoms with E-state index in [0.717, 1.165) is 11.8 Å². The Morgan fingerprint density at radius 2 is 1.91 bits per heavy atom. The minimum Gasteiger partial charge on any atom is -0.459 e. The third kappa shape index (κ3) is 7.47. The van der Waals surface area contributed by atoms with Crippen molar-refractivity contribution < 1.29 is 33.4 Å². The normalized spacial score (nSPS) is 18.2. The predicted octanol–water partition coefficient (Wildman–Crippen LogP) is 3.09. The third-order valence-electron chi connectivity index (χ3n) is 4.71. The minimum absolute atomic E-state index is 0.0105. The lowest BCUT2D eigenvalue weighted by atomic mass is 10.1. The summed E-state index contributed by atoms with van der Waals surface area (Å²) in [7, 11) is 1.38. The Labute approximate surface area is 197 Å². The second-order valence-corrected chi connectivity index (χ2v) is 8.63. The average molecular weight is 477 g/mol. The highest BCUT2D eigenvalue weighted by Crippen LogP contribution is 2.30. The van der Waals surface area contributed by atoms with Crippen molar-refractivity contribution in [1.82, 2.24) is 4.90 Å². The summed E-state index contributed by atoms with van der Waals surface area (Å²) >= 11 is 1.09. The molecule has 9 nitrogen and oxygen atoms in total. The number of methoxy groups -OCH3 is 1. The van der Waals surface area contributed by atoms with Gasteiger partial charge in [0.15, 0.2) is 11.2 Å². The lowest BCUT2D eigenvalue weighted by molar-refractivity contribution is -0.154. The van der Waals surface area contributed by atoms with Crippen molar-refractivity contribution in [3.8, 4) is 0 Å². The zero-order valence-electron chi connectivity index (χ0n) is 18.7. The SMILES string of the molecule is C=CCOC(=O)C(OC)c1cccc(NC(=O)[C@@H]2C[C@H](SC(C)=O)CN2C(=O)OCC=C)c1. The van der Waals surface area contributed by atoms with Crippen molar-refractivity contribution in [2.45, 2.75) is 30.7 Å². The number of esters is 1. The number of benzene rings is 1. The Morgan fingerprint density at radius 1 is 1.21 bits per heavy atom. The molecule has 0 bridgehead atoms. The smallest absolute Gasteiger partial charge is 0.410 e. The molecule has 3 atom stereocenters. The molecule has 33 heavy (non-hydrogen) atoms. The molecular weight excluding hydrogens is 448 g/mol. The number of nitrogens with one attached hydrogen (secondary N) is 1.